The molecule has 1 aromatic carbocycles. The number of rotatable bonds is 11. The van der Waals surface area contributed by atoms with E-state index < -0.39 is 32.8 Å². The predicted octanol–water partition coefficient (Wildman–Crippen LogP) is 5.90. The molecular weight excluding hydrogens is 425 g/mol. The number of aromatic nitrogens is 2. The molecule has 0 spiro atoms. The Morgan fingerprint density at radius 3 is 2.04 bits per heavy atom. The zero-order valence-corrected chi connectivity index (χ0v) is 18.6. The van der Waals surface area contributed by atoms with Crippen LogP contribution < -0.4 is 3.71 Å². The van der Waals surface area contributed by atoms with Gasteiger partial charge in [-0.2, -0.15) is 0 Å². The number of hydrogen-bond donors (Lipinski definition) is 1. The Morgan fingerprint density at radius 2 is 1.52 bits per heavy atom. The van der Waals surface area contributed by atoms with E-state index in [1.54, 1.807) is 0 Å². The van der Waals surface area contributed by atoms with E-state index in [2.05, 4.69) is 31.0 Å². The summed E-state index contributed by atoms with van der Waals surface area (Å²) < 4.78 is 29.2. The quantitative estimate of drug-likeness (QED) is 0.420. The van der Waals surface area contributed by atoms with Crippen LogP contribution in [0.2, 0.25) is 3.43 Å². The molecule has 1 heterocycles. The van der Waals surface area contributed by atoms with Gasteiger partial charge in [0.2, 0.25) is 0 Å². The van der Waals surface area contributed by atoms with E-state index >= 15 is 0 Å². The molecule has 0 saturated heterocycles. The molecule has 0 saturated carbocycles. The molecule has 2 nitrogen and oxygen atoms in total. The second-order valence-electron chi connectivity index (χ2n) is 7.10. The summed E-state index contributed by atoms with van der Waals surface area (Å²) in [6.45, 7) is 6.72. The molecule has 138 valence electrons. The van der Waals surface area contributed by atoms with Crippen LogP contribution in [0, 0.1) is 11.6 Å². The minimum absolute atomic E-state index is 0.353. The van der Waals surface area contributed by atoms with Crippen molar-refractivity contribution in [1.82, 2.24) is 10.2 Å². The van der Waals surface area contributed by atoms with Crippen molar-refractivity contribution in [2.75, 3.05) is 0 Å². The molecule has 1 N–H and O–H groups in total. The van der Waals surface area contributed by atoms with E-state index in [0.717, 1.165) is 9.78 Å². The molecule has 2 aromatic rings. The zero-order chi connectivity index (χ0) is 18.3. The summed E-state index contributed by atoms with van der Waals surface area (Å²) in [4.78, 5) is 0. The van der Waals surface area contributed by atoms with Crippen molar-refractivity contribution in [2.24, 2.45) is 0 Å². The summed E-state index contributed by atoms with van der Waals surface area (Å²) in [6.07, 6.45) is 11.0. The van der Waals surface area contributed by atoms with Gasteiger partial charge in [-0.1, -0.05) is 0 Å². The van der Waals surface area contributed by atoms with Gasteiger partial charge in [-0.25, -0.2) is 0 Å². The van der Waals surface area contributed by atoms with Crippen LogP contribution in [0.5, 0.6) is 0 Å². The molecule has 25 heavy (non-hydrogen) atoms. The van der Waals surface area contributed by atoms with Crippen molar-refractivity contribution >= 4 is 35.8 Å². The molecule has 0 atom stereocenters. The minimum atomic E-state index is -1.11. The SMILES string of the molecule is CCCC[C](CCCC)(CCCC)[Sn][c]1[nH]nc2cc(F)cc(F)c12. The second kappa shape index (κ2) is 9.88. The third kappa shape index (κ3) is 5.41. The number of H-pyrrole nitrogens is 1. The van der Waals surface area contributed by atoms with E-state index in [1.807, 2.05) is 0 Å². The van der Waals surface area contributed by atoms with Gasteiger partial charge in [0.15, 0.2) is 0 Å². The van der Waals surface area contributed by atoms with Gasteiger partial charge in [0.1, 0.15) is 0 Å². The van der Waals surface area contributed by atoms with Crippen LogP contribution in [-0.4, -0.2) is 31.3 Å². The van der Waals surface area contributed by atoms with Gasteiger partial charge < -0.3 is 0 Å². The van der Waals surface area contributed by atoms with Gasteiger partial charge in [0.05, 0.1) is 0 Å². The fourth-order valence-corrected chi connectivity index (χ4v) is 9.01. The van der Waals surface area contributed by atoms with Gasteiger partial charge in [-0.05, 0) is 0 Å². The predicted molar refractivity (Wildman–Crippen MR) is 103 cm³/mol. The van der Waals surface area contributed by atoms with Crippen LogP contribution in [-0.2, 0) is 0 Å². The maximum atomic E-state index is 14.4. The third-order valence-corrected chi connectivity index (χ3v) is 10.4. The van der Waals surface area contributed by atoms with Crippen LogP contribution in [0.4, 0.5) is 8.78 Å². The first-order valence-corrected chi connectivity index (χ1v) is 12.5. The molecular formula is C20H30F2N2Sn. The number of halogens is 2. The van der Waals surface area contributed by atoms with Crippen LogP contribution >= 0.6 is 0 Å². The van der Waals surface area contributed by atoms with Crippen molar-refractivity contribution in [3.05, 3.63) is 23.8 Å². The standard InChI is InChI=1S/C13H27.C7H3F2N2.Sn/c1-4-7-10-13(11-8-5-2)12-9-6-3;8-4-1-6(9)5-3-10-11-7(5)2-4;/h4-12H2,1-3H3;1-2H,(H,10,11);. The molecule has 2 rings (SSSR count). The summed E-state index contributed by atoms with van der Waals surface area (Å²) in [7, 11) is 0. The summed E-state index contributed by atoms with van der Waals surface area (Å²) in [5.41, 5.74) is 0.434. The van der Waals surface area contributed by atoms with Gasteiger partial charge in [-0.3, -0.25) is 0 Å². The van der Waals surface area contributed by atoms with Crippen LogP contribution in [0.15, 0.2) is 12.1 Å². The van der Waals surface area contributed by atoms with Gasteiger partial charge in [0, 0.05) is 0 Å². The number of hydrogen-bond acceptors (Lipinski definition) is 1. The Labute approximate surface area is 160 Å². The number of nitrogens with zero attached hydrogens (tertiary/aromatic N) is 1. The Morgan fingerprint density at radius 1 is 0.960 bits per heavy atom. The summed E-state index contributed by atoms with van der Waals surface area (Å²) in [5, 5.41) is 7.83. The van der Waals surface area contributed by atoms with Crippen molar-refractivity contribution in [2.45, 2.75) is 82.0 Å². The van der Waals surface area contributed by atoms with Crippen LogP contribution in [0.3, 0.4) is 0 Å². The second-order valence-corrected chi connectivity index (χ2v) is 12.3. The first kappa shape index (κ1) is 20.7. The Kier molecular flexibility index (Phi) is 8.17. The number of unbranched alkanes of at least 4 members (excludes halogenated alkanes) is 3. The molecule has 0 unspecified atom stereocenters. The fraction of sp³-hybridized carbons (Fsp3) is 0.650. The maximum absolute atomic E-state index is 14.4. The number of aromatic amines is 1. The molecule has 0 aliphatic rings. The number of nitrogens with one attached hydrogen (secondary N) is 1. The van der Waals surface area contributed by atoms with E-state index in [-0.39, 0.29) is 0 Å². The van der Waals surface area contributed by atoms with Crippen molar-refractivity contribution < 1.29 is 8.78 Å². The molecule has 0 aliphatic heterocycles. The van der Waals surface area contributed by atoms with E-state index in [0.29, 0.717) is 14.3 Å². The molecule has 0 bridgehead atoms. The zero-order valence-electron chi connectivity index (χ0n) is 15.7. The normalized spacial score (nSPS) is 12.2. The first-order valence-electron chi connectivity index (χ1n) is 9.66. The summed E-state index contributed by atoms with van der Waals surface area (Å²) in [5.74, 6) is -1.02. The van der Waals surface area contributed by atoms with Crippen molar-refractivity contribution in [3.63, 3.8) is 0 Å². The van der Waals surface area contributed by atoms with E-state index in [4.69, 9.17) is 0 Å². The Hall–Kier alpha value is -0.651. The van der Waals surface area contributed by atoms with Gasteiger partial charge >= 0.3 is 160 Å². The molecule has 1 aromatic heterocycles. The average molecular weight is 455 g/mol. The summed E-state index contributed by atoms with van der Waals surface area (Å²) >= 11 is -1.11. The van der Waals surface area contributed by atoms with E-state index in [9.17, 15) is 8.78 Å². The van der Waals surface area contributed by atoms with Crippen LogP contribution in [0.1, 0.15) is 78.6 Å². The Bertz CT molecular complexity index is 647. The third-order valence-electron chi connectivity index (χ3n) is 4.99. The Balaban J connectivity index is 2.36. The molecule has 0 fully saturated rings. The molecule has 0 aliphatic carbocycles. The van der Waals surface area contributed by atoms with Gasteiger partial charge in [-0.15, -0.1) is 0 Å². The molecule has 5 heteroatoms. The van der Waals surface area contributed by atoms with E-state index in [1.165, 1.54) is 63.9 Å². The molecule has 0 amide bonds. The first-order chi connectivity index (χ1) is 12.0. The number of benzene rings is 1. The molecule has 2 radical (unpaired) electrons. The van der Waals surface area contributed by atoms with Crippen molar-refractivity contribution in [3.8, 4) is 0 Å². The fourth-order valence-electron chi connectivity index (χ4n) is 3.53. The monoisotopic (exact) mass is 456 g/mol. The van der Waals surface area contributed by atoms with Crippen molar-refractivity contribution in [1.29, 1.82) is 0 Å². The van der Waals surface area contributed by atoms with Gasteiger partial charge in [0.25, 0.3) is 0 Å². The number of fused-ring (bicyclic) bond motifs is 1. The topological polar surface area (TPSA) is 28.7 Å². The summed E-state index contributed by atoms with van der Waals surface area (Å²) in [6, 6.07) is 2.33. The average Bonchev–Trinajstić information content (AvgIpc) is 2.98. The van der Waals surface area contributed by atoms with Crippen LogP contribution in [0.25, 0.3) is 10.9 Å².